The Morgan fingerprint density at radius 2 is 1.73 bits per heavy atom. The van der Waals surface area contributed by atoms with E-state index in [1.807, 2.05) is 36.7 Å². The van der Waals surface area contributed by atoms with Crippen molar-refractivity contribution in [2.24, 2.45) is 7.05 Å². The summed E-state index contributed by atoms with van der Waals surface area (Å²) in [5.41, 5.74) is 6.85. The molecule has 30 heavy (non-hydrogen) atoms. The molecule has 2 atom stereocenters. The van der Waals surface area contributed by atoms with Crippen molar-refractivity contribution in [3.8, 4) is 17.0 Å². The molecule has 0 saturated carbocycles. The van der Waals surface area contributed by atoms with Crippen LogP contribution in [-0.2, 0) is 7.05 Å². The summed E-state index contributed by atoms with van der Waals surface area (Å²) >= 11 is 0. The van der Waals surface area contributed by atoms with E-state index in [9.17, 15) is 0 Å². The van der Waals surface area contributed by atoms with E-state index < -0.39 is 6.85 Å². The summed E-state index contributed by atoms with van der Waals surface area (Å²) in [6, 6.07) is 10.3. The third-order valence-corrected chi connectivity index (χ3v) is 6.43. The van der Waals surface area contributed by atoms with E-state index in [-0.39, 0.29) is 12.0 Å². The number of furan rings is 1. The molecule has 2 aromatic heterocycles. The summed E-state index contributed by atoms with van der Waals surface area (Å²) in [5.74, 6) is 1.00. The highest BCUT2D eigenvalue weighted by Crippen LogP contribution is 2.48. The molecule has 0 N–H and O–H groups in total. The molecule has 2 aromatic carbocycles. The van der Waals surface area contributed by atoms with Crippen molar-refractivity contribution < 1.29 is 17.8 Å². The minimum atomic E-state index is -2.15. The van der Waals surface area contributed by atoms with Gasteiger partial charge in [-0.3, -0.25) is 0 Å². The lowest BCUT2D eigenvalue weighted by atomic mass is 9.91. The minimum Gasteiger partial charge on any atom is -0.485 e. The summed E-state index contributed by atoms with van der Waals surface area (Å²) in [7, 11) is 1.89. The lowest BCUT2D eigenvalue weighted by Crippen LogP contribution is -2.31. The molecule has 3 heteroatoms. The highest BCUT2D eigenvalue weighted by Gasteiger charge is 2.35. The average Bonchev–Trinajstić information content (AvgIpc) is 3.32. The molecule has 3 heterocycles. The van der Waals surface area contributed by atoms with E-state index >= 15 is 0 Å². The zero-order chi connectivity index (χ0) is 23.1. The van der Waals surface area contributed by atoms with Crippen LogP contribution in [0.2, 0.25) is 0 Å². The quantitative estimate of drug-likeness (QED) is 0.370. The smallest absolute Gasteiger partial charge is 0.216 e. The first-order valence-corrected chi connectivity index (χ1v) is 10.3. The number of aryl methyl sites for hydroxylation is 4. The molecule has 0 saturated heterocycles. The molecule has 3 nitrogen and oxygen atoms in total. The van der Waals surface area contributed by atoms with Gasteiger partial charge in [0.15, 0.2) is 6.20 Å². The van der Waals surface area contributed by atoms with Gasteiger partial charge in [-0.1, -0.05) is 30.4 Å². The predicted octanol–water partition coefficient (Wildman–Crippen LogP) is 5.97. The topological polar surface area (TPSA) is 26.2 Å². The number of pyridine rings is 1. The fraction of sp³-hybridized carbons (Fsp3) is 0.222. The number of aromatic nitrogens is 1. The fourth-order valence-electron chi connectivity index (χ4n) is 4.85. The number of allylic oxidation sites excluding steroid dienone is 2. The minimum absolute atomic E-state index is 0.00195. The zero-order valence-electron chi connectivity index (χ0n) is 20.2. The Balaban J connectivity index is 1.63. The van der Waals surface area contributed by atoms with Crippen molar-refractivity contribution >= 4 is 21.9 Å². The van der Waals surface area contributed by atoms with Crippen molar-refractivity contribution in [2.45, 2.75) is 32.7 Å². The molecule has 2 unspecified atom stereocenters. The monoisotopic (exact) mass is 397 g/mol. The molecule has 0 fully saturated rings. The number of hydrogen-bond donors (Lipinski definition) is 0. The zero-order valence-corrected chi connectivity index (χ0v) is 17.2. The van der Waals surface area contributed by atoms with Crippen LogP contribution in [0, 0.1) is 20.7 Å². The lowest BCUT2D eigenvalue weighted by molar-refractivity contribution is -0.660. The van der Waals surface area contributed by atoms with Gasteiger partial charge >= 0.3 is 0 Å². The SMILES string of the molecule is [2H]C([2H])([2H])c1c[n+](C)c(-c2c(C)ccc3c2oc2c4c(ccc23)OC2C=CC=CC42)cc1C. The van der Waals surface area contributed by atoms with Gasteiger partial charge in [0.2, 0.25) is 5.69 Å². The van der Waals surface area contributed by atoms with Crippen molar-refractivity contribution in [3.05, 3.63) is 83.1 Å². The average molecular weight is 398 g/mol. The predicted molar refractivity (Wildman–Crippen MR) is 120 cm³/mol. The van der Waals surface area contributed by atoms with Gasteiger partial charge in [-0.25, -0.2) is 4.57 Å². The number of rotatable bonds is 1. The van der Waals surface area contributed by atoms with Gasteiger partial charge in [-0.2, -0.15) is 0 Å². The van der Waals surface area contributed by atoms with Crippen LogP contribution < -0.4 is 9.30 Å². The molecule has 4 aromatic rings. The van der Waals surface area contributed by atoms with Crippen LogP contribution in [0.5, 0.6) is 5.75 Å². The van der Waals surface area contributed by atoms with Crippen LogP contribution in [0.15, 0.2) is 65.2 Å². The Morgan fingerprint density at radius 1 is 0.933 bits per heavy atom. The molecule has 1 aliphatic carbocycles. The summed E-state index contributed by atoms with van der Waals surface area (Å²) in [5, 5.41) is 2.11. The fourth-order valence-corrected chi connectivity index (χ4v) is 4.85. The van der Waals surface area contributed by atoms with E-state index in [0.717, 1.165) is 55.6 Å². The second-order valence-electron chi connectivity index (χ2n) is 8.33. The summed E-state index contributed by atoms with van der Waals surface area (Å²) in [6.07, 6.45) is 10.1. The third kappa shape index (κ3) is 2.29. The van der Waals surface area contributed by atoms with Crippen LogP contribution in [0.3, 0.4) is 0 Å². The first kappa shape index (κ1) is 14.6. The molecule has 148 valence electrons. The summed E-state index contributed by atoms with van der Waals surface area (Å²) in [6.45, 7) is 1.76. The van der Waals surface area contributed by atoms with E-state index in [1.54, 1.807) is 6.20 Å². The van der Waals surface area contributed by atoms with Crippen molar-refractivity contribution in [3.63, 3.8) is 0 Å². The normalized spacial score (nSPS) is 21.2. The van der Waals surface area contributed by atoms with Gasteiger partial charge in [0.1, 0.15) is 30.1 Å². The lowest BCUT2D eigenvalue weighted by Gasteiger charge is -2.13. The molecule has 6 rings (SSSR count). The standard InChI is InChI=1S/C27H24NO2/c1-15-9-10-18-19-11-12-23-25(20-7-5-6-8-22(20)29-23)27(19)30-26(18)24(15)21-13-16(2)17(3)14-28(21)4/h5-14,20,22H,1-4H3/q+1/i3D3. The van der Waals surface area contributed by atoms with Gasteiger partial charge in [-0.05, 0) is 50.0 Å². The molecule has 0 bridgehead atoms. The molecular weight excluding hydrogens is 370 g/mol. The number of nitrogens with zero attached hydrogens (tertiary/aromatic N) is 1. The Labute approximate surface area is 180 Å². The maximum Gasteiger partial charge on any atom is 0.216 e. The maximum absolute atomic E-state index is 7.86. The Morgan fingerprint density at radius 3 is 2.60 bits per heavy atom. The highest BCUT2D eigenvalue weighted by molar-refractivity contribution is 6.11. The van der Waals surface area contributed by atoms with Crippen molar-refractivity contribution in [1.29, 1.82) is 0 Å². The van der Waals surface area contributed by atoms with Gasteiger partial charge in [0, 0.05) is 32.1 Å². The maximum atomic E-state index is 7.86. The first-order valence-electron chi connectivity index (χ1n) is 11.8. The number of hydrogen-bond acceptors (Lipinski definition) is 2. The van der Waals surface area contributed by atoms with Crippen molar-refractivity contribution in [2.75, 3.05) is 0 Å². The third-order valence-electron chi connectivity index (χ3n) is 6.43. The molecule has 0 radical (unpaired) electrons. The number of fused-ring (bicyclic) bond motifs is 7. The molecule has 0 amide bonds. The summed E-state index contributed by atoms with van der Waals surface area (Å²) < 4.78 is 38.3. The van der Waals surface area contributed by atoms with Crippen LogP contribution >= 0.6 is 0 Å². The van der Waals surface area contributed by atoms with E-state index in [2.05, 4.69) is 43.4 Å². The van der Waals surface area contributed by atoms with Gasteiger partial charge in [0.25, 0.3) is 0 Å². The van der Waals surface area contributed by atoms with Crippen LogP contribution in [0.25, 0.3) is 33.2 Å². The Kier molecular flexibility index (Phi) is 2.97. The van der Waals surface area contributed by atoms with Gasteiger partial charge < -0.3 is 9.15 Å². The highest BCUT2D eigenvalue weighted by atomic mass is 16.5. The van der Waals surface area contributed by atoms with E-state index in [1.165, 1.54) is 0 Å². The summed E-state index contributed by atoms with van der Waals surface area (Å²) in [4.78, 5) is 0. The van der Waals surface area contributed by atoms with Gasteiger partial charge in [0.05, 0.1) is 11.5 Å². The Hall–Kier alpha value is -3.33. The van der Waals surface area contributed by atoms with Gasteiger partial charge in [-0.15, -0.1) is 0 Å². The molecular formula is C27H24NO2+. The van der Waals surface area contributed by atoms with Crippen LogP contribution in [0.4, 0.5) is 0 Å². The first-order chi connectivity index (χ1) is 15.7. The van der Waals surface area contributed by atoms with Crippen LogP contribution in [-0.4, -0.2) is 6.10 Å². The number of ether oxygens (including phenoxy) is 1. The van der Waals surface area contributed by atoms with E-state index in [4.69, 9.17) is 13.3 Å². The molecule has 0 spiro atoms. The second-order valence-corrected chi connectivity index (χ2v) is 8.33. The second kappa shape index (κ2) is 6.09. The van der Waals surface area contributed by atoms with Crippen molar-refractivity contribution in [1.82, 2.24) is 0 Å². The number of benzene rings is 2. The largest absolute Gasteiger partial charge is 0.485 e. The molecule has 1 aliphatic heterocycles. The van der Waals surface area contributed by atoms with Crippen LogP contribution in [0.1, 0.15) is 32.3 Å². The Bertz CT molecular complexity index is 1520. The molecule has 2 aliphatic rings. The van der Waals surface area contributed by atoms with E-state index in [0.29, 0.717) is 5.56 Å².